The van der Waals surface area contributed by atoms with Gasteiger partial charge in [0.05, 0.1) is 6.04 Å². The van der Waals surface area contributed by atoms with E-state index in [-0.39, 0.29) is 24.0 Å². The molecule has 1 aliphatic rings. The van der Waals surface area contributed by atoms with Crippen molar-refractivity contribution in [2.75, 3.05) is 18.6 Å². The van der Waals surface area contributed by atoms with Gasteiger partial charge >= 0.3 is 5.97 Å². The molecule has 1 heterocycles. The fraction of sp³-hybridized carbons (Fsp3) is 0.600. The van der Waals surface area contributed by atoms with Crippen molar-refractivity contribution in [2.45, 2.75) is 70.1 Å². The first-order valence-electron chi connectivity index (χ1n) is 12.2. The highest BCUT2D eigenvalue weighted by Gasteiger charge is 2.38. The number of hydrogen-bond donors (Lipinski definition) is 5. The smallest absolute Gasteiger partial charge is 0.326 e. The molecule has 1 fully saturated rings. The van der Waals surface area contributed by atoms with Gasteiger partial charge in [-0.25, -0.2) is 4.79 Å². The number of aromatic hydroxyl groups is 1. The summed E-state index contributed by atoms with van der Waals surface area (Å²) < 4.78 is 0. The zero-order valence-corrected chi connectivity index (χ0v) is 21.9. The maximum atomic E-state index is 13.2. The van der Waals surface area contributed by atoms with Crippen LogP contribution in [0.15, 0.2) is 24.3 Å². The van der Waals surface area contributed by atoms with Gasteiger partial charge in [-0.2, -0.15) is 11.8 Å². The van der Waals surface area contributed by atoms with Crippen LogP contribution in [0.2, 0.25) is 0 Å². The molecule has 0 aromatic heterocycles. The summed E-state index contributed by atoms with van der Waals surface area (Å²) in [5.41, 5.74) is 6.67. The highest BCUT2D eigenvalue weighted by Crippen LogP contribution is 2.20. The predicted octanol–water partition coefficient (Wildman–Crippen LogP) is 1.11. The number of carboxylic acids is 1. The summed E-state index contributed by atoms with van der Waals surface area (Å²) >= 11 is 1.59. The lowest BCUT2D eigenvalue weighted by molar-refractivity contribution is -0.143. The SMILES string of the molecule is CSCCC(N)C(=O)N1CCCC1C(=O)NC(CC(C)C)C(=O)NC(Cc1ccc(O)cc1)C(=O)O. The standard InChI is InChI=1S/C25H38N4O6S/c1-15(2)13-19(22(31)28-20(25(34)35)14-16-6-8-17(30)9-7-16)27-23(32)21-5-4-11-29(21)24(33)18(26)10-12-36-3/h6-9,15,18-21,30H,4-5,10-14,26H2,1-3H3,(H,27,32)(H,28,31)(H,34,35). The third-order valence-corrected chi connectivity index (χ3v) is 6.76. The molecule has 11 heteroatoms. The van der Waals surface area contributed by atoms with Gasteiger partial charge in [0, 0.05) is 13.0 Å². The summed E-state index contributed by atoms with van der Waals surface area (Å²) in [5, 5.41) is 24.4. The first-order valence-corrected chi connectivity index (χ1v) is 13.6. The molecule has 1 aromatic carbocycles. The van der Waals surface area contributed by atoms with Crippen LogP contribution in [0.1, 0.15) is 45.1 Å². The van der Waals surface area contributed by atoms with E-state index in [9.17, 15) is 29.4 Å². The van der Waals surface area contributed by atoms with Gasteiger partial charge in [-0.3, -0.25) is 14.4 Å². The van der Waals surface area contributed by atoms with E-state index in [1.807, 2.05) is 20.1 Å². The monoisotopic (exact) mass is 522 g/mol. The molecule has 0 saturated carbocycles. The summed E-state index contributed by atoms with van der Waals surface area (Å²) in [7, 11) is 0. The number of nitrogens with one attached hydrogen (secondary N) is 2. The molecule has 6 N–H and O–H groups in total. The van der Waals surface area contributed by atoms with Crippen molar-refractivity contribution in [1.82, 2.24) is 15.5 Å². The zero-order valence-electron chi connectivity index (χ0n) is 21.1. The van der Waals surface area contributed by atoms with Crippen LogP contribution < -0.4 is 16.4 Å². The van der Waals surface area contributed by atoms with Gasteiger partial charge in [-0.05, 0) is 61.3 Å². The highest BCUT2D eigenvalue weighted by molar-refractivity contribution is 7.98. The van der Waals surface area contributed by atoms with E-state index in [1.54, 1.807) is 23.9 Å². The van der Waals surface area contributed by atoms with Gasteiger partial charge < -0.3 is 31.5 Å². The average molecular weight is 523 g/mol. The van der Waals surface area contributed by atoms with Gasteiger partial charge in [-0.1, -0.05) is 26.0 Å². The fourth-order valence-electron chi connectivity index (χ4n) is 4.20. The second-order valence-corrected chi connectivity index (χ2v) is 10.5. The Morgan fingerprint density at radius 2 is 1.81 bits per heavy atom. The van der Waals surface area contributed by atoms with Crippen molar-refractivity contribution in [3.05, 3.63) is 29.8 Å². The van der Waals surface area contributed by atoms with Crippen molar-refractivity contribution in [3.8, 4) is 5.75 Å². The van der Waals surface area contributed by atoms with Gasteiger partial charge in [0.15, 0.2) is 0 Å². The summed E-state index contributed by atoms with van der Waals surface area (Å²) in [6.45, 7) is 4.22. The largest absolute Gasteiger partial charge is 0.508 e. The number of carbonyl (C=O) groups is 4. The number of rotatable bonds is 13. The van der Waals surface area contributed by atoms with Crippen LogP contribution in [0.25, 0.3) is 0 Å². The van der Waals surface area contributed by atoms with Crippen LogP contribution in [0.3, 0.4) is 0 Å². The van der Waals surface area contributed by atoms with E-state index in [0.29, 0.717) is 37.8 Å². The van der Waals surface area contributed by atoms with Gasteiger partial charge in [0.25, 0.3) is 0 Å². The first kappa shape index (κ1) is 29.4. The number of nitrogens with zero attached hydrogens (tertiary/aromatic N) is 1. The Morgan fingerprint density at radius 1 is 1.14 bits per heavy atom. The van der Waals surface area contributed by atoms with E-state index in [4.69, 9.17) is 5.73 Å². The van der Waals surface area contributed by atoms with E-state index >= 15 is 0 Å². The summed E-state index contributed by atoms with van der Waals surface area (Å²) in [4.78, 5) is 52.4. The number of benzene rings is 1. The molecule has 0 aliphatic carbocycles. The lowest BCUT2D eigenvalue weighted by Gasteiger charge is -2.29. The number of carbonyl (C=O) groups excluding carboxylic acids is 3. The van der Waals surface area contributed by atoms with Crippen molar-refractivity contribution in [1.29, 1.82) is 0 Å². The van der Waals surface area contributed by atoms with Crippen LogP contribution in [0.5, 0.6) is 5.75 Å². The molecule has 36 heavy (non-hydrogen) atoms. The Labute approximate surface area is 216 Å². The highest BCUT2D eigenvalue weighted by atomic mass is 32.2. The van der Waals surface area contributed by atoms with Crippen LogP contribution in [0, 0.1) is 5.92 Å². The lowest BCUT2D eigenvalue weighted by atomic mass is 10.0. The Kier molecular flexibility index (Phi) is 11.5. The number of phenols is 1. The van der Waals surface area contributed by atoms with Crippen LogP contribution in [-0.2, 0) is 25.6 Å². The Hall–Kier alpha value is -2.79. The minimum absolute atomic E-state index is 0.0164. The molecule has 0 radical (unpaired) electrons. The normalized spacial score (nSPS) is 17.9. The number of phenolic OH excluding ortho intramolecular Hbond substituents is 1. The summed E-state index contributed by atoms with van der Waals surface area (Å²) in [5.74, 6) is -1.69. The number of hydrogen-bond acceptors (Lipinski definition) is 7. The maximum Gasteiger partial charge on any atom is 0.326 e. The lowest BCUT2D eigenvalue weighted by Crippen LogP contribution is -2.57. The molecular weight excluding hydrogens is 484 g/mol. The molecule has 10 nitrogen and oxygen atoms in total. The average Bonchev–Trinajstić information content (AvgIpc) is 3.32. The number of aliphatic carboxylic acids is 1. The van der Waals surface area contributed by atoms with Crippen molar-refractivity contribution in [2.24, 2.45) is 11.7 Å². The van der Waals surface area contributed by atoms with Gasteiger partial charge in [0.2, 0.25) is 17.7 Å². The van der Waals surface area contributed by atoms with Crippen LogP contribution in [0.4, 0.5) is 0 Å². The molecule has 2 rings (SSSR count). The Balaban J connectivity index is 2.09. The van der Waals surface area contributed by atoms with Gasteiger partial charge in [0.1, 0.15) is 23.9 Å². The first-order chi connectivity index (χ1) is 17.0. The van der Waals surface area contributed by atoms with Crippen molar-refractivity contribution in [3.63, 3.8) is 0 Å². The second-order valence-electron chi connectivity index (χ2n) is 9.54. The van der Waals surface area contributed by atoms with Crippen molar-refractivity contribution >= 4 is 35.5 Å². The van der Waals surface area contributed by atoms with Crippen LogP contribution >= 0.6 is 11.8 Å². The predicted molar refractivity (Wildman–Crippen MR) is 138 cm³/mol. The van der Waals surface area contributed by atoms with Crippen molar-refractivity contribution < 1.29 is 29.4 Å². The molecular formula is C25H38N4O6S. The van der Waals surface area contributed by atoms with Gasteiger partial charge in [-0.15, -0.1) is 0 Å². The molecule has 0 bridgehead atoms. The minimum Gasteiger partial charge on any atom is -0.508 e. The Morgan fingerprint density at radius 3 is 2.39 bits per heavy atom. The zero-order chi connectivity index (χ0) is 26.8. The third-order valence-electron chi connectivity index (χ3n) is 6.12. The molecule has 1 aliphatic heterocycles. The summed E-state index contributed by atoms with van der Waals surface area (Å²) in [6.07, 6.45) is 3.90. The molecule has 0 spiro atoms. The molecule has 4 unspecified atom stereocenters. The van der Waals surface area contributed by atoms with E-state index in [1.165, 1.54) is 17.0 Å². The number of nitrogens with two attached hydrogens (primary N) is 1. The topological polar surface area (TPSA) is 162 Å². The molecule has 200 valence electrons. The second kappa shape index (κ2) is 14.1. The van der Waals surface area contributed by atoms with E-state index in [0.717, 1.165) is 5.75 Å². The molecule has 3 amide bonds. The quantitative estimate of drug-likeness (QED) is 0.257. The Bertz CT molecular complexity index is 910. The van der Waals surface area contributed by atoms with E-state index < -0.39 is 42.0 Å². The number of likely N-dealkylation sites (tertiary alicyclic amines) is 1. The minimum atomic E-state index is -1.22. The van der Waals surface area contributed by atoms with Crippen LogP contribution in [-0.4, -0.2) is 81.5 Å². The number of thioether (sulfide) groups is 1. The molecule has 1 saturated heterocycles. The third kappa shape index (κ3) is 8.70. The maximum absolute atomic E-state index is 13.2. The fourth-order valence-corrected chi connectivity index (χ4v) is 4.68. The molecule has 1 aromatic rings. The summed E-state index contributed by atoms with van der Waals surface area (Å²) in [6, 6.07) is 2.48. The van der Waals surface area contributed by atoms with E-state index in [2.05, 4.69) is 10.6 Å². The molecule has 4 atom stereocenters. The number of amides is 3. The number of carboxylic acid groups (broad SMARTS) is 1.